The molecule has 1 aliphatic carbocycles. The predicted octanol–water partition coefficient (Wildman–Crippen LogP) is 3.57. The highest BCUT2D eigenvalue weighted by Crippen LogP contribution is 2.36. The lowest BCUT2D eigenvalue weighted by Crippen LogP contribution is -2.43. The Labute approximate surface area is 124 Å². The predicted molar refractivity (Wildman–Crippen MR) is 83.2 cm³/mol. The van der Waals surface area contributed by atoms with Gasteiger partial charge in [0.1, 0.15) is 5.52 Å². The van der Waals surface area contributed by atoms with E-state index in [2.05, 4.69) is 22.2 Å². The van der Waals surface area contributed by atoms with E-state index < -0.39 is 0 Å². The first kappa shape index (κ1) is 13.7. The van der Waals surface area contributed by atoms with E-state index in [1.807, 2.05) is 30.2 Å². The van der Waals surface area contributed by atoms with Crippen molar-refractivity contribution in [2.75, 3.05) is 11.2 Å². The van der Waals surface area contributed by atoms with Crippen molar-refractivity contribution in [3.8, 4) is 0 Å². The van der Waals surface area contributed by atoms with Crippen LogP contribution in [-0.4, -0.2) is 26.0 Å². The summed E-state index contributed by atoms with van der Waals surface area (Å²) in [4.78, 5) is 8.94. The van der Waals surface area contributed by atoms with Crippen LogP contribution < -0.4 is 5.32 Å². The van der Waals surface area contributed by atoms with Gasteiger partial charge in [-0.15, -0.1) is 11.6 Å². The van der Waals surface area contributed by atoms with Crippen molar-refractivity contribution in [1.82, 2.24) is 14.5 Å². The van der Waals surface area contributed by atoms with Crippen LogP contribution in [0.5, 0.6) is 0 Å². The van der Waals surface area contributed by atoms with Crippen LogP contribution in [0.4, 0.5) is 5.82 Å². The van der Waals surface area contributed by atoms with Crippen molar-refractivity contribution < 1.29 is 0 Å². The highest BCUT2D eigenvalue weighted by atomic mass is 35.5. The van der Waals surface area contributed by atoms with Crippen LogP contribution in [0.2, 0.25) is 0 Å². The smallest absolute Gasteiger partial charge is 0.154 e. The molecule has 4 nitrogen and oxygen atoms in total. The molecule has 2 aromatic heterocycles. The lowest BCUT2D eigenvalue weighted by molar-refractivity contribution is 0.286. The third-order valence-corrected chi connectivity index (χ3v) is 5.03. The molecule has 2 heterocycles. The normalized spacial score (nSPS) is 26.9. The minimum Gasteiger partial charge on any atom is -0.362 e. The monoisotopic (exact) mass is 292 g/mol. The second-order valence-corrected chi connectivity index (χ2v) is 6.37. The summed E-state index contributed by atoms with van der Waals surface area (Å²) in [6.45, 7) is 2.32. The van der Waals surface area contributed by atoms with Crippen LogP contribution in [0, 0.1) is 5.92 Å². The molecule has 20 heavy (non-hydrogen) atoms. The summed E-state index contributed by atoms with van der Waals surface area (Å²) in [5.74, 6) is 2.27. The van der Waals surface area contributed by atoms with E-state index in [0.29, 0.717) is 5.88 Å². The number of rotatable bonds is 3. The van der Waals surface area contributed by atoms with E-state index in [4.69, 9.17) is 11.6 Å². The summed E-state index contributed by atoms with van der Waals surface area (Å²) in [5.41, 5.74) is 1.99. The standard InChI is InChI=1S/C15H21ClN4/c1-11-3-6-15(9-16,7-4-11)19-14-13-12(5-8-17-14)20(2)10-18-13/h5,8,10-11H,3-4,6-7,9H2,1-2H3,(H,17,19). The van der Waals surface area contributed by atoms with E-state index in [9.17, 15) is 0 Å². The Kier molecular flexibility index (Phi) is 3.59. The van der Waals surface area contributed by atoms with Gasteiger partial charge in [-0.3, -0.25) is 0 Å². The maximum Gasteiger partial charge on any atom is 0.154 e. The van der Waals surface area contributed by atoms with Crippen LogP contribution in [0.25, 0.3) is 11.0 Å². The Bertz CT molecular complexity index is 599. The number of pyridine rings is 1. The lowest BCUT2D eigenvalue weighted by Gasteiger charge is -2.39. The van der Waals surface area contributed by atoms with Crippen LogP contribution in [0.15, 0.2) is 18.6 Å². The molecule has 1 fully saturated rings. The number of aryl methyl sites for hydroxylation is 1. The average Bonchev–Trinajstić information content (AvgIpc) is 2.85. The second kappa shape index (κ2) is 5.24. The maximum absolute atomic E-state index is 6.28. The number of halogens is 1. The van der Waals surface area contributed by atoms with Crippen molar-refractivity contribution in [2.24, 2.45) is 13.0 Å². The number of anilines is 1. The van der Waals surface area contributed by atoms with Gasteiger partial charge >= 0.3 is 0 Å². The van der Waals surface area contributed by atoms with Gasteiger partial charge in [0.15, 0.2) is 5.82 Å². The molecule has 3 rings (SSSR count). The van der Waals surface area contributed by atoms with Gasteiger partial charge in [0.25, 0.3) is 0 Å². The molecular formula is C15H21ClN4. The number of aromatic nitrogens is 3. The van der Waals surface area contributed by atoms with Crippen LogP contribution >= 0.6 is 11.6 Å². The zero-order valence-corrected chi connectivity index (χ0v) is 12.8. The molecule has 2 aromatic rings. The van der Waals surface area contributed by atoms with Crippen molar-refractivity contribution in [3.05, 3.63) is 18.6 Å². The van der Waals surface area contributed by atoms with Gasteiger partial charge in [-0.25, -0.2) is 9.97 Å². The zero-order chi connectivity index (χ0) is 14.2. The second-order valence-electron chi connectivity index (χ2n) is 6.10. The fourth-order valence-electron chi connectivity index (χ4n) is 3.01. The van der Waals surface area contributed by atoms with Crippen LogP contribution in [-0.2, 0) is 7.05 Å². The highest BCUT2D eigenvalue weighted by Gasteiger charge is 2.34. The topological polar surface area (TPSA) is 42.7 Å². The molecule has 0 atom stereocenters. The molecular weight excluding hydrogens is 272 g/mol. The summed E-state index contributed by atoms with van der Waals surface area (Å²) in [6.07, 6.45) is 8.30. The Balaban J connectivity index is 1.91. The summed E-state index contributed by atoms with van der Waals surface area (Å²) < 4.78 is 2.01. The van der Waals surface area contributed by atoms with E-state index >= 15 is 0 Å². The first-order valence-electron chi connectivity index (χ1n) is 7.24. The van der Waals surface area contributed by atoms with Crippen LogP contribution in [0.1, 0.15) is 32.6 Å². The number of nitrogens with zero attached hydrogens (tertiary/aromatic N) is 3. The van der Waals surface area contributed by atoms with Gasteiger partial charge in [0.05, 0.1) is 17.4 Å². The minimum absolute atomic E-state index is 0.0349. The Morgan fingerprint density at radius 1 is 1.40 bits per heavy atom. The number of hydrogen-bond donors (Lipinski definition) is 1. The van der Waals surface area contributed by atoms with Crippen molar-refractivity contribution >= 4 is 28.5 Å². The third-order valence-electron chi connectivity index (χ3n) is 4.51. The first-order valence-corrected chi connectivity index (χ1v) is 7.77. The Hall–Kier alpha value is -1.29. The largest absolute Gasteiger partial charge is 0.362 e. The van der Waals surface area contributed by atoms with Gasteiger partial charge in [0, 0.05) is 19.1 Å². The quantitative estimate of drug-likeness (QED) is 0.880. The number of hydrogen-bond acceptors (Lipinski definition) is 3. The highest BCUT2D eigenvalue weighted by molar-refractivity contribution is 6.18. The van der Waals surface area contributed by atoms with Gasteiger partial charge in [0.2, 0.25) is 0 Å². The fourth-order valence-corrected chi connectivity index (χ4v) is 3.35. The SMILES string of the molecule is CC1CCC(CCl)(Nc2nccc3c2ncn3C)CC1. The van der Waals surface area contributed by atoms with Crippen molar-refractivity contribution in [1.29, 1.82) is 0 Å². The van der Waals surface area contributed by atoms with E-state index in [1.54, 1.807) is 0 Å². The Morgan fingerprint density at radius 3 is 2.85 bits per heavy atom. The van der Waals surface area contributed by atoms with Crippen LogP contribution in [0.3, 0.4) is 0 Å². The molecule has 0 spiro atoms. The third kappa shape index (κ3) is 2.37. The molecule has 1 aliphatic rings. The van der Waals surface area contributed by atoms with Gasteiger partial charge in [-0.2, -0.15) is 0 Å². The minimum atomic E-state index is -0.0349. The molecule has 5 heteroatoms. The lowest BCUT2D eigenvalue weighted by atomic mass is 9.78. The van der Waals surface area contributed by atoms with Gasteiger partial charge in [-0.05, 0) is 37.7 Å². The van der Waals surface area contributed by atoms with E-state index in [-0.39, 0.29) is 5.54 Å². The van der Waals surface area contributed by atoms with E-state index in [1.165, 1.54) is 12.8 Å². The summed E-state index contributed by atoms with van der Waals surface area (Å²) >= 11 is 6.28. The van der Waals surface area contributed by atoms with E-state index in [0.717, 1.165) is 35.6 Å². The first-order chi connectivity index (χ1) is 9.63. The van der Waals surface area contributed by atoms with Crippen molar-refractivity contribution in [3.63, 3.8) is 0 Å². The molecule has 108 valence electrons. The maximum atomic E-state index is 6.28. The van der Waals surface area contributed by atoms with Crippen molar-refractivity contribution in [2.45, 2.75) is 38.1 Å². The van der Waals surface area contributed by atoms with Gasteiger partial charge in [-0.1, -0.05) is 6.92 Å². The molecule has 1 N–H and O–H groups in total. The molecule has 0 amide bonds. The molecule has 0 saturated heterocycles. The number of imidazole rings is 1. The average molecular weight is 293 g/mol. The number of fused-ring (bicyclic) bond motifs is 1. The van der Waals surface area contributed by atoms with Gasteiger partial charge < -0.3 is 9.88 Å². The molecule has 0 bridgehead atoms. The molecule has 0 aromatic carbocycles. The molecule has 0 aliphatic heterocycles. The molecule has 1 saturated carbocycles. The summed E-state index contributed by atoms with van der Waals surface area (Å²) in [7, 11) is 2.00. The number of alkyl halides is 1. The summed E-state index contributed by atoms with van der Waals surface area (Å²) in [6, 6.07) is 1.99. The fraction of sp³-hybridized carbons (Fsp3) is 0.600. The Morgan fingerprint density at radius 2 is 2.15 bits per heavy atom. The molecule has 0 radical (unpaired) electrons. The number of nitrogens with one attached hydrogen (secondary N) is 1. The zero-order valence-electron chi connectivity index (χ0n) is 12.1. The molecule has 0 unspecified atom stereocenters. The summed E-state index contributed by atoms with van der Waals surface area (Å²) in [5, 5.41) is 3.60.